The summed E-state index contributed by atoms with van der Waals surface area (Å²) < 4.78 is 5.63. The molecule has 0 aliphatic heterocycles. The monoisotopic (exact) mass is 387 g/mol. The van der Waals surface area contributed by atoms with Crippen molar-refractivity contribution in [2.45, 2.75) is 20.0 Å². The second-order valence-corrected chi connectivity index (χ2v) is 7.15. The van der Waals surface area contributed by atoms with Gasteiger partial charge in [-0.05, 0) is 43.2 Å². The summed E-state index contributed by atoms with van der Waals surface area (Å²) >= 11 is 7.22. The van der Waals surface area contributed by atoms with Gasteiger partial charge in [-0.3, -0.25) is 9.78 Å². The molecular weight excluding hydrogens is 370 g/mol. The average Bonchev–Trinajstić information content (AvgIpc) is 3.03. The Kier molecular flexibility index (Phi) is 6.20. The number of thiazole rings is 1. The number of aryl methyl sites for hydroxylation is 1. The van der Waals surface area contributed by atoms with Gasteiger partial charge in [0.15, 0.2) is 0 Å². The van der Waals surface area contributed by atoms with E-state index in [1.807, 2.05) is 43.3 Å². The van der Waals surface area contributed by atoms with Crippen molar-refractivity contribution in [2.24, 2.45) is 0 Å². The predicted molar refractivity (Wildman–Crippen MR) is 103 cm³/mol. The first-order valence-electron chi connectivity index (χ1n) is 8.13. The fourth-order valence-corrected chi connectivity index (χ4v) is 3.37. The Balaban J connectivity index is 1.52. The number of carbonyl (C=O) groups excluding carboxylic acids is 1. The van der Waals surface area contributed by atoms with E-state index in [1.165, 1.54) is 11.3 Å². The lowest BCUT2D eigenvalue weighted by Crippen LogP contribution is -2.25. The molecule has 0 saturated heterocycles. The summed E-state index contributed by atoms with van der Waals surface area (Å²) in [6, 6.07) is 11.3. The van der Waals surface area contributed by atoms with E-state index < -0.39 is 0 Å². The molecule has 0 radical (unpaired) electrons. The van der Waals surface area contributed by atoms with Crippen molar-refractivity contribution in [1.29, 1.82) is 0 Å². The highest BCUT2D eigenvalue weighted by atomic mass is 35.5. The van der Waals surface area contributed by atoms with Gasteiger partial charge in [-0.15, -0.1) is 11.3 Å². The summed E-state index contributed by atoms with van der Waals surface area (Å²) in [6.45, 7) is 2.70. The second kappa shape index (κ2) is 8.78. The van der Waals surface area contributed by atoms with E-state index in [1.54, 1.807) is 12.4 Å². The molecule has 1 N–H and O–H groups in total. The summed E-state index contributed by atoms with van der Waals surface area (Å²) in [7, 11) is 0. The molecule has 134 valence electrons. The van der Waals surface area contributed by atoms with E-state index in [0.29, 0.717) is 34.5 Å². The lowest BCUT2D eigenvalue weighted by molar-refractivity contribution is 0.0957. The Morgan fingerprint density at radius 1 is 1.27 bits per heavy atom. The van der Waals surface area contributed by atoms with Gasteiger partial charge in [0.2, 0.25) is 0 Å². The van der Waals surface area contributed by atoms with Crippen LogP contribution in [-0.4, -0.2) is 22.4 Å². The van der Waals surface area contributed by atoms with E-state index in [9.17, 15) is 4.79 Å². The number of amides is 1. The molecule has 0 bridgehead atoms. The van der Waals surface area contributed by atoms with E-state index in [-0.39, 0.29) is 5.91 Å². The fourth-order valence-electron chi connectivity index (χ4n) is 2.35. The maximum atomic E-state index is 12.4. The molecular formula is C19H18ClN3O2S. The number of benzene rings is 1. The molecule has 0 aliphatic rings. The van der Waals surface area contributed by atoms with Crippen molar-refractivity contribution >= 4 is 28.8 Å². The summed E-state index contributed by atoms with van der Waals surface area (Å²) in [5.74, 6) is 0.566. The summed E-state index contributed by atoms with van der Waals surface area (Å²) in [5.41, 5.74) is 1.84. The minimum absolute atomic E-state index is 0.110. The van der Waals surface area contributed by atoms with Gasteiger partial charge in [0.05, 0.1) is 11.9 Å². The molecule has 3 rings (SSSR count). The van der Waals surface area contributed by atoms with Gasteiger partial charge in [-0.1, -0.05) is 23.7 Å². The van der Waals surface area contributed by atoms with Crippen LogP contribution in [0.25, 0.3) is 0 Å². The van der Waals surface area contributed by atoms with Crippen molar-refractivity contribution in [3.63, 3.8) is 0 Å². The van der Waals surface area contributed by atoms with Crippen LogP contribution < -0.4 is 10.1 Å². The molecule has 2 heterocycles. The van der Waals surface area contributed by atoms with Gasteiger partial charge in [0.1, 0.15) is 22.2 Å². The van der Waals surface area contributed by atoms with Crippen molar-refractivity contribution in [1.82, 2.24) is 15.3 Å². The molecule has 26 heavy (non-hydrogen) atoms. The first-order valence-corrected chi connectivity index (χ1v) is 9.33. The highest BCUT2D eigenvalue weighted by Gasteiger charge is 2.15. The molecule has 1 aromatic carbocycles. The van der Waals surface area contributed by atoms with Gasteiger partial charge in [0.25, 0.3) is 5.91 Å². The van der Waals surface area contributed by atoms with Crippen LogP contribution >= 0.6 is 22.9 Å². The third-order valence-electron chi connectivity index (χ3n) is 3.66. The zero-order valence-electron chi connectivity index (χ0n) is 14.2. The second-order valence-electron chi connectivity index (χ2n) is 5.63. The zero-order valence-corrected chi connectivity index (χ0v) is 15.8. The van der Waals surface area contributed by atoms with Gasteiger partial charge >= 0.3 is 0 Å². The lowest BCUT2D eigenvalue weighted by Gasteiger charge is -2.04. The SMILES string of the molecule is Cc1nc(COc2cccnc2)sc1C(=O)NCCc1ccc(Cl)cc1. The number of ether oxygens (including phenoxy) is 1. The van der Waals surface area contributed by atoms with Crippen LogP contribution in [-0.2, 0) is 13.0 Å². The molecule has 0 saturated carbocycles. The van der Waals surface area contributed by atoms with E-state index in [0.717, 1.165) is 17.0 Å². The van der Waals surface area contributed by atoms with Crippen LogP contribution in [0.15, 0.2) is 48.8 Å². The van der Waals surface area contributed by atoms with Crippen LogP contribution in [0.5, 0.6) is 5.75 Å². The quantitative estimate of drug-likeness (QED) is 0.664. The molecule has 0 fully saturated rings. The van der Waals surface area contributed by atoms with Gasteiger partial charge in [-0.25, -0.2) is 4.98 Å². The number of rotatable bonds is 7. The van der Waals surface area contributed by atoms with Crippen LogP contribution in [0.1, 0.15) is 25.9 Å². The zero-order chi connectivity index (χ0) is 18.4. The van der Waals surface area contributed by atoms with Crippen molar-refractivity contribution < 1.29 is 9.53 Å². The minimum atomic E-state index is -0.110. The van der Waals surface area contributed by atoms with Crippen LogP contribution in [0.3, 0.4) is 0 Å². The standard InChI is InChI=1S/C19H18ClN3O2S/c1-13-18(19(24)22-10-8-14-4-6-15(20)7-5-14)26-17(23-13)12-25-16-3-2-9-21-11-16/h2-7,9,11H,8,10,12H2,1H3,(H,22,24). The van der Waals surface area contributed by atoms with E-state index >= 15 is 0 Å². The number of hydrogen-bond donors (Lipinski definition) is 1. The third kappa shape index (κ3) is 5.03. The molecule has 0 atom stereocenters. The molecule has 3 aromatic rings. The maximum Gasteiger partial charge on any atom is 0.263 e. The highest BCUT2D eigenvalue weighted by molar-refractivity contribution is 7.13. The third-order valence-corrected chi connectivity index (χ3v) is 5.04. The Morgan fingerprint density at radius 3 is 2.81 bits per heavy atom. The summed E-state index contributed by atoms with van der Waals surface area (Å²) in [6.07, 6.45) is 4.08. The fraction of sp³-hybridized carbons (Fsp3) is 0.211. The first-order chi connectivity index (χ1) is 12.6. The largest absolute Gasteiger partial charge is 0.485 e. The molecule has 0 spiro atoms. The topological polar surface area (TPSA) is 64.1 Å². The van der Waals surface area contributed by atoms with E-state index in [4.69, 9.17) is 16.3 Å². The predicted octanol–water partition coefficient (Wildman–Crippen LogP) is 4.05. The number of carbonyl (C=O) groups is 1. The summed E-state index contributed by atoms with van der Waals surface area (Å²) in [5, 5.41) is 4.40. The lowest BCUT2D eigenvalue weighted by atomic mass is 10.1. The first kappa shape index (κ1) is 18.4. The van der Waals surface area contributed by atoms with Crippen LogP contribution in [0, 0.1) is 6.92 Å². The van der Waals surface area contributed by atoms with Gasteiger partial charge < -0.3 is 10.1 Å². The van der Waals surface area contributed by atoms with Gasteiger partial charge in [-0.2, -0.15) is 0 Å². The molecule has 1 amide bonds. The maximum absolute atomic E-state index is 12.4. The van der Waals surface area contributed by atoms with Crippen molar-refractivity contribution in [3.05, 3.63) is 75.0 Å². The number of pyridine rings is 1. The molecule has 0 aliphatic carbocycles. The Bertz CT molecular complexity index is 866. The van der Waals surface area contributed by atoms with E-state index in [2.05, 4.69) is 15.3 Å². The van der Waals surface area contributed by atoms with Gasteiger partial charge in [0, 0.05) is 17.8 Å². The number of halogens is 1. The van der Waals surface area contributed by atoms with Crippen LogP contribution in [0.2, 0.25) is 5.02 Å². The van der Waals surface area contributed by atoms with Crippen molar-refractivity contribution in [2.75, 3.05) is 6.54 Å². The average molecular weight is 388 g/mol. The van der Waals surface area contributed by atoms with Crippen LogP contribution in [0.4, 0.5) is 0 Å². The Morgan fingerprint density at radius 2 is 2.08 bits per heavy atom. The summed E-state index contributed by atoms with van der Waals surface area (Å²) in [4.78, 5) is 21.4. The number of nitrogens with zero attached hydrogens (tertiary/aromatic N) is 2. The number of hydrogen-bond acceptors (Lipinski definition) is 5. The minimum Gasteiger partial charge on any atom is -0.485 e. The van der Waals surface area contributed by atoms with Crippen molar-refractivity contribution in [3.8, 4) is 5.75 Å². The Labute approximate surface area is 161 Å². The highest BCUT2D eigenvalue weighted by Crippen LogP contribution is 2.20. The molecule has 2 aromatic heterocycles. The number of aromatic nitrogens is 2. The number of nitrogens with one attached hydrogen (secondary N) is 1. The Hall–Kier alpha value is -2.44. The molecule has 5 nitrogen and oxygen atoms in total. The smallest absolute Gasteiger partial charge is 0.263 e. The molecule has 0 unspecified atom stereocenters. The normalized spacial score (nSPS) is 10.5. The molecule has 7 heteroatoms.